The standard InChI is InChI=1S/C16H22N2OS/c19-16(17-8-5-11-18-9-3-4-10-18)15-12-13-6-1-2-7-14(13)20-15/h1-2,6-7,15H,3-5,8-12H2,(H,17,19)/t15-/m1/s1. The monoisotopic (exact) mass is 290 g/mol. The molecular formula is C16H22N2OS. The highest BCUT2D eigenvalue weighted by Crippen LogP contribution is 2.36. The molecule has 1 atom stereocenters. The zero-order chi connectivity index (χ0) is 13.8. The van der Waals surface area contributed by atoms with Crippen LogP contribution >= 0.6 is 11.8 Å². The fraction of sp³-hybridized carbons (Fsp3) is 0.562. The molecule has 2 aliphatic rings. The van der Waals surface area contributed by atoms with E-state index >= 15 is 0 Å². The summed E-state index contributed by atoms with van der Waals surface area (Å²) in [6.07, 6.45) is 4.61. The number of hydrogen-bond acceptors (Lipinski definition) is 3. The molecule has 0 spiro atoms. The lowest BCUT2D eigenvalue weighted by Gasteiger charge is -2.15. The second-order valence-electron chi connectivity index (χ2n) is 5.61. The summed E-state index contributed by atoms with van der Waals surface area (Å²) < 4.78 is 0. The van der Waals surface area contributed by atoms with Crippen LogP contribution in [0.25, 0.3) is 0 Å². The van der Waals surface area contributed by atoms with Gasteiger partial charge >= 0.3 is 0 Å². The summed E-state index contributed by atoms with van der Waals surface area (Å²) in [6.45, 7) is 4.41. The number of nitrogens with one attached hydrogen (secondary N) is 1. The summed E-state index contributed by atoms with van der Waals surface area (Å²) in [5, 5.41) is 3.17. The minimum absolute atomic E-state index is 0.0687. The van der Waals surface area contributed by atoms with E-state index in [1.54, 1.807) is 11.8 Å². The van der Waals surface area contributed by atoms with Crippen LogP contribution in [0.1, 0.15) is 24.8 Å². The van der Waals surface area contributed by atoms with Gasteiger partial charge in [-0.2, -0.15) is 0 Å². The Morgan fingerprint density at radius 1 is 1.30 bits per heavy atom. The largest absolute Gasteiger partial charge is 0.355 e. The molecule has 1 fully saturated rings. The smallest absolute Gasteiger partial charge is 0.233 e. The van der Waals surface area contributed by atoms with Gasteiger partial charge in [-0.3, -0.25) is 4.79 Å². The van der Waals surface area contributed by atoms with Gasteiger partial charge in [0.15, 0.2) is 0 Å². The molecule has 3 nitrogen and oxygen atoms in total. The van der Waals surface area contributed by atoms with Crippen LogP contribution in [0, 0.1) is 0 Å². The van der Waals surface area contributed by atoms with Crippen molar-refractivity contribution in [2.24, 2.45) is 0 Å². The Labute approximate surface area is 125 Å². The van der Waals surface area contributed by atoms with E-state index in [9.17, 15) is 4.79 Å². The van der Waals surface area contributed by atoms with E-state index in [1.165, 1.54) is 36.4 Å². The Hall–Kier alpha value is -1.00. The van der Waals surface area contributed by atoms with Gasteiger partial charge in [-0.15, -0.1) is 11.8 Å². The molecular weight excluding hydrogens is 268 g/mol. The fourth-order valence-electron chi connectivity index (χ4n) is 2.96. The third kappa shape index (κ3) is 3.36. The van der Waals surface area contributed by atoms with Gasteiger partial charge < -0.3 is 10.2 Å². The maximum Gasteiger partial charge on any atom is 0.233 e. The fourth-order valence-corrected chi connectivity index (χ4v) is 4.18. The number of rotatable bonds is 5. The van der Waals surface area contributed by atoms with E-state index in [2.05, 4.69) is 28.4 Å². The van der Waals surface area contributed by atoms with Gasteiger partial charge in [-0.1, -0.05) is 18.2 Å². The number of fused-ring (bicyclic) bond motifs is 1. The zero-order valence-corrected chi connectivity index (χ0v) is 12.6. The topological polar surface area (TPSA) is 32.3 Å². The molecule has 0 aliphatic carbocycles. The van der Waals surface area contributed by atoms with Crippen molar-refractivity contribution in [1.29, 1.82) is 0 Å². The van der Waals surface area contributed by atoms with Gasteiger partial charge in [0.1, 0.15) is 0 Å². The Kier molecular flexibility index (Phi) is 4.63. The van der Waals surface area contributed by atoms with E-state index in [-0.39, 0.29) is 11.2 Å². The average Bonchev–Trinajstić information content (AvgIpc) is 3.12. The van der Waals surface area contributed by atoms with Gasteiger partial charge in [0.2, 0.25) is 5.91 Å². The highest BCUT2D eigenvalue weighted by molar-refractivity contribution is 8.01. The van der Waals surface area contributed by atoms with Crippen LogP contribution in [0.5, 0.6) is 0 Å². The molecule has 20 heavy (non-hydrogen) atoms. The van der Waals surface area contributed by atoms with E-state index in [1.807, 2.05) is 6.07 Å². The number of thioether (sulfide) groups is 1. The Morgan fingerprint density at radius 2 is 2.10 bits per heavy atom. The van der Waals surface area contributed by atoms with Gasteiger partial charge in [-0.05, 0) is 56.9 Å². The lowest BCUT2D eigenvalue weighted by Crippen LogP contribution is -2.34. The molecule has 2 aliphatic heterocycles. The molecule has 108 valence electrons. The molecule has 2 heterocycles. The third-order valence-electron chi connectivity index (χ3n) is 4.09. The number of hydrogen-bond donors (Lipinski definition) is 1. The van der Waals surface area contributed by atoms with Crippen LogP contribution in [0.4, 0.5) is 0 Å². The van der Waals surface area contributed by atoms with Crippen molar-refractivity contribution in [2.45, 2.75) is 35.8 Å². The zero-order valence-electron chi connectivity index (χ0n) is 11.8. The van der Waals surface area contributed by atoms with E-state index in [0.29, 0.717) is 0 Å². The lowest BCUT2D eigenvalue weighted by atomic mass is 10.1. The van der Waals surface area contributed by atoms with Crippen molar-refractivity contribution < 1.29 is 4.79 Å². The quantitative estimate of drug-likeness (QED) is 0.845. The second-order valence-corrected chi connectivity index (χ2v) is 6.86. The Balaban J connectivity index is 1.38. The van der Waals surface area contributed by atoms with Gasteiger partial charge in [0, 0.05) is 11.4 Å². The highest BCUT2D eigenvalue weighted by Gasteiger charge is 2.27. The molecule has 4 heteroatoms. The number of nitrogens with zero attached hydrogens (tertiary/aromatic N) is 1. The average molecular weight is 290 g/mol. The van der Waals surface area contributed by atoms with Crippen LogP contribution < -0.4 is 5.32 Å². The summed E-state index contributed by atoms with van der Waals surface area (Å²) in [6, 6.07) is 8.33. The van der Waals surface area contributed by atoms with Crippen LogP contribution in [-0.2, 0) is 11.2 Å². The lowest BCUT2D eigenvalue weighted by molar-refractivity contribution is -0.120. The van der Waals surface area contributed by atoms with Crippen LogP contribution in [0.3, 0.4) is 0 Å². The van der Waals surface area contributed by atoms with Crippen LogP contribution in [-0.4, -0.2) is 42.2 Å². The summed E-state index contributed by atoms with van der Waals surface area (Å²) in [7, 11) is 0. The highest BCUT2D eigenvalue weighted by atomic mass is 32.2. The number of carbonyl (C=O) groups is 1. The van der Waals surface area contributed by atoms with Crippen molar-refractivity contribution >= 4 is 17.7 Å². The molecule has 1 amide bonds. The van der Waals surface area contributed by atoms with Crippen LogP contribution in [0.15, 0.2) is 29.2 Å². The molecule has 1 aromatic rings. The second kappa shape index (κ2) is 6.64. The Morgan fingerprint density at radius 3 is 2.90 bits per heavy atom. The first kappa shape index (κ1) is 14.0. The summed E-state index contributed by atoms with van der Waals surface area (Å²) in [5.41, 5.74) is 1.31. The van der Waals surface area contributed by atoms with Crippen molar-refractivity contribution in [2.75, 3.05) is 26.2 Å². The predicted molar refractivity (Wildman–Crippen MR) is 83.1 cm³/mol. The summed E-state index contributed by atoms with van der Waals surface area (Å²) in [4.78, 5) is 15.9. The van der Waals surface area contributed by atoms with Gasteiger partial charge in [-0.25, -0.2) is 0 Å². The number of carbonyl (C=O) groups excluding carboxylic acids is 1. The van der Waals surface area contributed by atoms with E-state index < -0.39 is 0 Å². The van der Waals surface area contributed by atoms with E-state index in [4.69, 9.17) is 0 Å². The first-order chi connectivity index (χ1) is 9.83. The van der Waals surface area contributed by atoms with Crippen molar-refractivity contribution in [3.05, 3.63) is 29.8 Å². The minimum Gasteiger partial charge on any atom is -0.355 e. The predicted octanol–water partition coefficient (Wildman–Crippen LogP) is 2.31. The SMILES string of the molecule is O=C(NCCCN1CCCC1)[C@H]1Cc2ccccc2S1. The number of amides is 1. The Bertz CT molecular complexity index is 446. The normalized spacial score (nSPS) is 21.9. The number of benzene rings is 1. The molecule has 1 aromatic carbocycles. The molecule has 0 saturated carbocycles. The molecule has 1 saturated heterocycles. The minimum atomic E-state index is 0.0687. The molecule has 0 unspecified atom stereocenters. The molecule has 0 radical (unpaired) electrons. The molecule has 0 bridgehead atoms. The summed E-state index contributed by atoms with van der Waals surface area (Å²) >= 11 is 1.71. The van der Waals surface area contributed by atoms with Crippen molar-refractivity contribution in [3.8, 4) is 0 Å². The van der Waals surface area contributed by atoms with Gasteiger partial charge in [0.05, 0.1) is 5.25 Å². The van der Waals surface area contributed by atoms with Crippen molar-refractivity contribution in [1.82, 2.24) is 10.2 Å². The molecule has 3 rings (SSSR count). The molecule has 1 N–H and O–H groups in total. The molecule has 0 aromatic heterocycles. The van der Waals surface area contributed by atoms with Gasteiger partial charge in [0.25, 0.3) is 0 Å². The number of likely N-dealkylation sites (tertiary alicyclic amines) is 1. The maximum absolute atomic E-state index is 12.2. The summed E-state index contributed by atoms with van der Waals surface area (Å²) in [5.74, 6) is 0.202. The first-order valence-corrected chi connectivity index (χ1v) is 8.45. The van der Waals surface area contributed by atoms with E-state index in [0.717, 1.165) is 25.9 Å². The van der Waals surface area contributed by atoms with Crippen LogP contribution in [0.2, 0.25) is 0 Å². The third-order valence-corrected chi connectivity index (χ3v) is 5.41. The van der Waals surface area contributed by atoms with Crippen molar-refractivity contribution in [3.63, 3.8) is 0 Å². The first-order valence-electron chi connectivity index (χ1n) is 7.57. The maximum atomic E-state index is 12.2.